The first-order valence-corrected chi connectivity index (χ1v) is 6.29. The van der Waals surface area contributed by atoms with Crippen molar-refractivity contribution in [1.82, 2.24) is 0 Å². The number of carboxylic acids is 1. The van der Waals surface area contributed by atoms with Crippen molar-refractivity contribution in [3.63, 3.8) is 0 Å². The summed E-state index contributed by atoms with van der Waals surface area (Å²) in [6, 6.07) is 4.09. The van der Waals surface area contributed by atoms with E-state index in [1.165, 1.54) is 18.2 Å². The number of rotatable bonds is 4. The molecule has 1 fully saturated rings. The van der Waals surface area contributed by atoms with Gasteiger partial charge in [-0.15, -0.1) is 0 Å². The van der Waals surface area contributed by atoms with Gasteiger partial charge in [-0.05, 0) is 30.5 Å². The molecule has 1 N–H and O–H groups in total. The fraction of sp³-hybridized carbons (Fsp3) is 0.462. The van der Waals surface area contributed by atoms with Gasteiger partial charge in [0.15, 0.2) is 0 Å². The molecule has 1 aliphatic rings. The first kappa shape index (κ1) is 14.1. The molecule has 0 aromatic heterocycles. The van der Waals surface area contributed by atoms with Crippen LogP contribution in [0.5, 0.6) is 5.75 Å². The van der Waals surface area contributed by atoms with Gasteiger partial charge in [0.05, 0.1) is 17.2 Å². The lowest BCUT2D eigenvalue weighted by Gasteiger charge is -2.13. The highest BCUT2D eigenvalue weighted by Gasteiger charge is 2.39. The van der Waals surface area contributed by atoms with Gasteiger partial charge in [-0.2, -0.15) is 0 Å². The van der Waals surface area contributed by atoms with Crippen molar-refractivity contribution in [2.75, 3.05) is 6.61 Å². The van der Waals surface area contributed by atoms with Gasteiger partial charge in [-0.3, -0.25) is 0 Å². The van der Waals surface area contributed by atoms with Crippen LogP contribution >= 0.6 is 11.6 Å². The van der Waals surface area contributed by atoms with E-state index in [9.17, 15) is 13.6 Å². The lowest BCUT2D eigenvalue weighted by Crippen LogP contribution is -2.14. The number of halogens is 3. The Morgan fingerprint density at radius 2 is 2.26 bits per heavy atom. The molecular formula is C13H13ClF2O3. The number of ether oxygens (including phenoxy) is 1. The largest absolute Gasteiger partial charge is 0.492 e. The molecule has 0 saturated heterocycles. The van der Waals surface area contributed by atoms with Crippen LogP contribution in [-0.4, -0.2) is 23.6 Å². The first-order chi connectivity index (χ1) is 8.87. The van der Waals surface area contributed by atoms with Gasteiger partial charge in [0.2, 0.25) is 5.92 Å². The molecule has 0 heterocycles. The zero-order valence-electron chi connectivity index (χ0n) is 10.0. The minimum atomic E-state index is -2.59. The summed E-state index contributed by atoms with van der Waals surface area (Å²) in [5.74, 6) is -3.54. The molecule has 19 heavy (non-hydrogen) atoms. The van der Waals surface area contributed by atoms with Crippen LogP contribution in [0.15, 0.2) is 18.2 Å². The summed E-state index contributed by atoms with van der Waals surface area (Å²) >= 11 is 5.88. The molecule has 2 rings (SSSR count). The number of hydrogen-bond donors (Lipinski definition) is 1. The number of carboxylic acid groups (broad SMARTS) is 1. The highest BCUT2D eigenvalue weighted by molar-refractivity contribution is 6.32. The topological polar surface area (TPSA) is 46.5 Å². The number of benzene rings is 1. The van der Waals surface area contributed by atoms with Crippen molar-refractivity contribution in [1.29, 1.82) is 0 Å². The summed E-state index contributed by atoms with van der Waals surface area (Å²) in [5.41, 5.74) is 0.0600. The maximum Gasteiger partial charge on any atom is 0.335 e. The molecule has 1 aromatic carbocycles. The Kier molecular flexibility index (Phi) is 3.94. The van der Waals surface area contributed by atoms with Crippen molar-refractivity contribution >= 4 is 17.6 Å². The van der Waals surface area contributed by atoms with E-state index in [1.807, 2.05) is 0 Å². The van der Waals surface area contributed by atoms with E-state index in [0.717, 1.165) is 0 Å². The minimum absolute atomic E-state index is 0.0600. The standard InChI is InChI=1S/C13H13ClF2O3/c14-10-5-9(12(17)18)1-2-11(10)19-7-8-3-4-13(15,16)6-8/h1-2,5,8H,3-4,6-7H2,(H,17,18). The van der Waals surface area contributed by atoms with Crippen molar-refractivity contribution in [3.8, 4) is 5.75 Å². The summed E-state index contributed by atoms with van der Waals surface area (Å²) in [5, 5.41) is 8.95. The quantitative estimate of drug-likeness (QED) is 0.916. The molecule has 0 amide bonds. The molecule has 3 nitrogen and oxygen atoms in total. The van der Waals surface area contributed by atoms with Crippen LogP contribution in [0.4, 0.5) is 8.78 Å². The Balaban J connectivity index is 1.95. The zero-order valence-corrected chi connectivity index (χ0v) is 10.8. The molecule has 1 unspecified atom stereocenters. The van der Waals surface area contributed by atoms with Crippen molar-refractivity contribution in [2.45, 2.75) is 25.2 Å². The first-order valence-electron chi connectivity index (χ1n) is 5.91. The third kappa shape index (κ3) is 3.56. The normalized spacial score (nSPS) is 21.3. The fourth-order valence-electron chi connectivity index (χ4n) is 2.14. The van der Waals surface area contributed by atoms with Gasteiger partial charge >= 0.3 is 5.97 Å². The van der Waals surface area contributed by atoms with Gasteiger partial charge in [0, 0.05) is 12.8 Å². The summed E-state index contributed by atoms with van der Waals surface area (Å²) in [7, 11) is 0. The number of alkyl halides is 2. The maximum absolute atomic E-state index is 13.0. The Morgan fingerprint density at radius 3 is 2.79 bits per heavy atom. The maximum atomic E-state index is 13.0. The second-order valence-corrected chi connectivity index (χ2v) is 5.13. The second-order valence-electron chi connectivity index (χ2n) is 4.73. The average molecular weight is 291 g/mol. The number of aromatic carboxylic acids is 1. The van der Waals surface area contributed by atoms with Crippen LogP contribution in [0.2, 0.25) is 5.02 Å². The van der Waals surface area contributed by atoms with Gasteiger partial charge < -0.3 is 9.84 Å². The van der Waals surface area contributed by atoms with Crippen LogP contribution in [0.1, 0.15) is 29.6 Å². The summed E-state index contributed by atoms with van der Waals surface area (Å²) in [4.78, 5) is 10.7. The van der Waals surface area contributed by atoms with Crippen LogP contribution in [-0.2, 0) is 0 Å². The Hall–Kier alpha value is -1.36. The smallest absolute Gasteiger partial charge is 0.335 e. The molecule has 1 atom stereocenters. The van der Waals surface area contributed by atoms with Crippen molar-refractivity contribution in [3.05, 3.63) is 28.8 Å². The number of hydrogen-bond acceptors (Lipinski definition) is 2. The van der Waals surface area contributed by atoms with E-state index < -0.39 is 11.9 Å². The zero-order chi connectivity index (χ0) is 14.0. The van der Waals surface area contributed by atoms with Gasteiger partial charge in [0.1, 0.15) is 5.75 Å². The molecule has 0 aliphatic heterocycles. The van der Waals surface area contributed by atoms with E-state index >= 15 is 0 Å². The monoisotopic (exact) mass is 290 g/mol. The molecule has 6 heteroatoms. The minimum Gasteiger partial charge on any atom is -0.492 e. The molecule has 1 aromatic rings. The molecular weight excluding hydrogens is 278 g/mol. The molecule has 0 spiro atoms. The summed E-state index contributed by atoms with van der Waals surface area (Å²) in [6.07, 6.45) is 0.155. The summed E-state index contributed by atoms with van der Waals surface area (Å²) < 4.78 is 31.4. The lowest BCUT2D eigenvalue weighted by atomic mass is 10.1. The Labute approximate surface area is 114 Å². The van der Waals surface area contributed by atoms with E-state index in [-0.39, 0.29) is 36.0 Å². The van der Waals surface area contributed by atoms with Gasteiger partial charge in [-0.1, -0.05) is 11.6 Å². The predicted octanol–water partition coefficient (Wildman–Crippen LogP) is 3.85. The van der Waals surface area contributed by atoms with Crippen LogP contribution in [0.25, 0.3) is 0 Å². The molecule has 0 radical (unpaired) electrons. The molecule has 1 saturated carbocycles. The lowest BCUT2D eigenvalue weighted by molar-refractivity contribution is 0.00291. The third-order valence-corrected chi connectivity index (χ3v) is 3.45. The molecule has 1 aliphatic carbocycles. The number of carbonyl (C=O) groups is 1. The van der Waals surface area contributed by atoms with Gasteiger partial charge in [0.25, 0.3) is 0 Å². The molecule has 0 bridgehead atoms. The van der Waals surface area contributed by atoms with E-state index in [4.69, 9.17) is 21.4 Å². The highest BCUT2D eigenvalue weighted by Crippen LogP contribution is 2.39. The highest BCUT2D eigenvalue weighted by atomic mass is 35.5. The van der Waals surface area contributed by atoms with Crippen molar-refractivity contribution in [2.24, 2.45) is 5.92 Å². The average Bonchev–Trinajstić information content (AvgIpc) is 2.67. The Bertz CT molecular complexity index is 491. The van der Waals surface area contributed by atoms with E-state index in [2.05, 4.69) is 0 Å². The Morgan fingerprint density at radius 1 is 1.53 bits per heavy atom. The predicted molar refractivity (Wildman–Crippen MR) is 66.2 cm³/mol. The third-order valence-electron chi connectivity index (χ3n) is 3.16. The molecule has 104 valence electrons. The van der Waals surface area contributed by atoms with Crippen molar-refractivity contribution < 1.29 is 23.4 Å². The SMILES string of the molecule is O=C(O)c1ccc(OCC2CCC(F)(F)C2)c(Cl)c1. The fourth-order valence-corrected chi connectivity index (χ4v) is 2.38. The van der Waals surface area contributed by atoms with Gasteiger partial charge in [-0.25, -0.2) is 13.6 Å². The second kappa shape index (κ2) is 5.33. The summed E-state index contributed by atoms with van der Waals surface area (Å²) in [6.45, 7) is 0.168. The van der Waals surface area contributed by atoms with E-state index in [0.29, 0.717) is 12.2 Å². The van der Waals surface area contributed by atoms with Crippen LogP contribution < -0.4 is 4.74 Å². The van der Waals surface area contributed by atoms with Crippen LogP contribution in [0.3, 0.4) is 0 Å². The van der Waals surface area contributed by atoms with Crippen LogP contribution in [0, 0.1) is 5.92 Å². The van der Waals surface area contributed by atoms with E-state index in [1.54, 1.807) is 0 Å².